The Bertz CT molecular complexity index is 921. The Labute approximate surface area is 131 Å². The molecule has 2 aromatic heterocycles. The Morgan fingerprint density at radius 2 is 1.78 bits per heavy atom. The van der Waals surface area contributed by atoms with Gasteiger partial charge in [-0.25, -0.2) is 4.98 Å². The predicted molar refractivity (Wildman–Crippen MR) is 86.1 cm³/mol. The van der Waals surface area contributed by atoms with E-state index >= 15 is 0 Å². The molecule has 2 heterocycles. The maximum Gasteiger partial charge on any atom is 0.291 e. The lowest BCUT2D eigenvalue weighted by atomic mass is 10.2. The van der Waals surface area contributed by atoms with E-state index in [9.17, 15) is 4.79 Å². The first-order valence-corrected chi connectivity index (χ1v) is 7.10. The van der Waals surface area contributed by atoms with Crippen molar-refractivity contribution in [2.24, 2.45) is 0 Å². The van der Waals surface area contributed by atoms with Gasteiger partial charge in [-0.1, -0.05) is 12.1 Å². The summed E-state index contributed by atoms with van der Waals surface area (Å²) in [6, 6.07) is 18.2. The van der Waals surface area contributed by atoms with Crippen molar-refractivity contribution in [3.05, 3.63) is 72.7 Å². The van der Waals surface area contributed by atoms with Crippen LogP contribution in [0.3, 0.4) is 0 Å². The molecule has 4 rings (SSSR count). The number of para-hydroxylation sites is 2. The fourth-order valence-corrected chi connectivity index (χ4v) is 2.29. The maximum atomic E-state index is 11.9. The number of hydrogen-bond donors (Lipinski definition) is 1. The van der Waals surface area contributed by atoms with E-state index < -0.39 is 0 Å². The Morgan fingerprint density at radius 3 is 2.52 bits per heavy atom. The zero-order chi connectivity index (χ0) is 15.6. The average molecular weight is 304 g/mol. The van der Waals surface area contributed by atoms with Crippen molar-refractivity contribution in [1.29, 1.82) is 0 Å². The zero-order valence-corrected chi connectivity index (χ0v) is 12.0. The van der Waals surface area contributed by atoms with Gasteiger partial charge in [0.05, 0.1) is 6.26 Å². The second-order valence-electron chi connectivity index (χ2n) is 5.00. The number of nitrogens with one attached hydrogen (secondary N) is 1. The van der Waals surface area contributed by atoms with Crippen molar-refractivity contribution < 1.29 is 13.6 Å². The van der Waals surface area contributed by atoms with Crippen LogP contribution in [0, 0.1) is 0 Å². The minimum absolute atomic E-state index is 0.271. The third-order valence-electron chi connectivity index (χ3n) is 3.43. The smallest absolute Gasteiger partial charge is 0.291 e. The van der Waals surface area contributed by atoms with Crippen molar-refractivity contribution >= 4 is 22.7 Å². The van der Waals surface area contributed by atoms with Gasteiger partial charge in [0, 0.05) is 11.3 Å². The summed E-state index contributed by atoms with van der Waals surface area (Å²) in [6.07, 6.45) is 1.46. The van der Waals surface area contributed by atoms with Crippen molar-refractivity contribution in [2.75, 3.05) is 5.32 Å². The number of hydrogen-bond acceptors (Lipinski definition) is 4. The SMILES string of the molecule is O=C(Nc1ccc(-c2nc3ccccc3o2)cc1)c1ccco1. The molecule has 0 aliphatic carbocycles. The minimum Gasteiger partial charge on any atom is -0.459 e. The molecule has 0 aliphatic heterocycles. The van der Waals surface area contributed by atoms with Crippen molar-refractivity contribution in [3.63, 3.8) is 0 Å². The summed E-state index contributed by atoms with van der Waals surface area (Å²) in [7, 11) is 0. The van der Waals surface area contributed by atoms with Crippen molar-refractivity contribution in [2.45, 2.75) is 0 Å². The molecular weight excluding hydrogens is 292 g/mol. The molecule has 1 amide bonds. The van der Waals surface area contributed by atoms with Gasteiger partial charge in [0.1, 0.15) is 5.52 Å². The molecular formula is C18H12N2O3. The fraction of sp³-hybridized carbons (Fsp3) is 0. The monoisotopic (exact) mass is 304 g/mol. The van der Waals surface area contributed by atoms with E-state index in [-0.39, 0.29) is 11.7 Å². The highest BCUT2D eigenvalue weighted by Crippen LogP contribution is 2.25. The number of benzene rings is 2. The number of oxazole rings is 1. The Balaban J connectivity index is 1.57. The quantitative estimate of drug-likeness (QED) is 0.611. The standard InChI is InChI=1S/C18H12N2O3/c21-17(16-6-3-11-22-16)19-13-9-7-12(8-10-13)18-20-14-4-1-2-5-15(14)23-18/h1-11H,(H,19,21). The van der Waals surface area contributed by atoms with E-state index in [4.69, 9.17) is 8.83 Å². The van der Waals surface area contributed by atoms with Crippen LogP contribution >= 0.6 is 0 Å². The molecule has 0 radical (unpaired) electrons. The van der Waals surface area contributed by atoms with Gasteiger partial charge >= 0.3 is 0 Å². The number of anilines is 1. The Hall–Kier alpha value is -3.34. The van der Waals surface area contributed by atoms with Crippen LogP contribution in [0.25, 0.3) is 22.6 Å². The highest BCUT2D eigenvalue weighted by Gasteiger charge is 2.10. The molecule has 23 heavy (non-hydrogen) atoms. The van der Waals surface area contributed by atoms with Crippen LogP contribution < -0.4 is 5.32 Å². The molecule has 0 aliphatic rings. The molecule has 5 heteroatoms. The van der Waals surface area contributed by atoms with Gasteiger partial charge in [-0.2, -0.15) is 0 Å². The van der Waals surface area contributed by atoms with Crippen LogP contribution in [0.15, 0.2) is 75.8 Å². The summed E-state index contributed by atoms with van der Waals surface area (Å²) in [5, 5.41) is 2.77. The molecule has 4 aromatic rings. The first-order valence-electron chi connectivity index (χ1n) is 7.10. The second kappa shape index (κ2) is 5.46. The number of fused-ring (bicyclic) bond motifs is 1. The predicted octanol–water partition coefficient (Wildman–Crippen LogP) is 4.34. The number of carbonyl (C=O) groups is 1. The van der Waals surface area contributed by atoms with Gasteiger partial charge in [0.2, 0.25) is 5.89 Å². The normalized spacial score (nSPS) is 10.8. The van der Waals surface area contributed by atoms with Gasteiger partial charge < -0.3 is 14.2 Å². The van der Waals surface area contributed by atoms with E-state index in [0.717, 1.165) is 16.7 Å². The lowest BCUT2D eigenvalue weighted by Gasteiger charge is -2.03. The molecule has 0 fully saturated rings. The number of carbonyl (C=O) groups excluding carboxylic acids is 1. The molecule has 5 nitrogen and oxygen atoms in total. The molecule has 0 spiro atoms. The zero-order valence-electron chi connectivity index (χ0n) is 12.0. The van der Waals surface area contributed by atoms with E-state index in [1.54, 1.807) is 24.3 Å². The minimum atomic E-state index is -0.287. The first-order chi connectivity index (χ1) is 11.3. The highest BCUT2D eigenvalue weighted by atomic mass is 16.3. The van der Waals surface area contributed by atoms with Crippen LogP contribution in [0.2, 0.25) is 0 Å². The maximum absolute atomic E-state index is 11.9. The lowest BCUT2D eigenvalue weighted by Crippen LogP contribution is -2.10. The summed E-state index contributed by atoms with van der Waals surface area (Å²) in [4.78, 5) is 16.4. The highest BCUT2D eigenvalue weighted by molar-refractivity contribution is 6.02. The average Bonchev–Trinajstić information content (AvgIpc) is 3.25. The van der Waals surface area contributed by atoms with Crippen molar-refractivity contribution in [3.8, 4) is 11.5 Å². The molecule has 0 saturated heterocycles. The van der Waals surface area contributed by atoms with Crippen LogP contribution in [0.5, 0.6) is 0 Å². The Kier molecular flexibility index (Phi) is 3.16. The first kappa shape index (κ1) is 13.3. The molecule has 0 bridgehead atoms. The van der Waals surface area contributed by atoms with Crippen LogP contribution in [0.1, 0.15) is 10.6 Å². The molecule has 1 N–H and O–H groups in total. The van der Waals surface area contributed by atoms with Crippen LogP contribution in [-0.4, -0.2) is 10.9 Å². The van der Waals surface area contributed by atoms with E-state index in [1.807, 2.05) is 36.4 Å². The van der Waals surface area contributed by atoms with Crippen molar-refractivity contribution in [1.82, 2.24) is 4.98 Å². The van der Waals surface area contributed by atoms with Gasteiger partial charge in [0.15, 0.2) is 11.3 Å². The number of furan rings is 1. The number of aromatic nitrogens is 1. The lowest BCUT2D eigenvalue weighted by molar-refractivity contribution is 0.0996. The Morgan fingerprint density at radius 1 is 0.957 bits per heavy atom. The van der Waals surface area contributed by atoms with Gasteiger partial charge in [-0.15, -0.1) is 0 Å². The van der Waals surface area contributed by atoms with E-state index in [2.05, 4.69) is 10.3 Å². The van der Waals surface area contributed by atoms with Crippen LogP contribution in [0.4, 0.5) is 5.69 Å². The largest absolute Gasteiger partial charge is 0.459 e. The van der Waals surface area contributed by atoms with Crippen LogP contribution in [-0.2, 0) is 0 Å². The summed E-state index contributed by atoms with van der Waals surface area (Å²) >= 11 is 0. The molecule has 0 saturated carbocycles. The van der Waals surface area contributed by atoms with E-state index in [1.165, 1.54) is 6.26 Å². The fourth-order valence-electron chi connectivity index (χ4n) is 2.29. The van der Waals surface area contributed by atoms with E-state index in [0.29, 0.717) is 11.6 Å². The summed E-state index contributed by atoms with van der Waals surface area (Å²) in [5.74, 6) is 0.535. The molecule has 0 atom stereocenters. The summed E-state index contributed by atoms with van der Waals surface area (Å²) in [5.41, 5.74) is 3.08. The third-order valence-corrected chi connectivity index (χ3v) is 3.43. The second-order valence-corrected chi connectivity index (χ2v) is 5.00. The number of amides is 1. The van der Waals surface area contributed by atoms with Gasteiger partial charge in [-0.05, 0) is 48.5 Å². The van der Waals surface area contributed by atoms with Gasteiger partial charge in [0.25, 0.3) is 5.91 Å². The topological polar surface area (TPSA) is 68.3 Å². The number of rotatable bonds is 3. The van der Waals surface area contributed by atoms with Gasteiger partial charge in [-0.3, -0.25) is 4.79 Å². The summed E-state index contributed by atoms with van der Waals surface area (Å²) < 4.78 is 10.8. The third kappa shape index (κ3) is 2.60. The summed E-state index contributed by atoms with van der Waals surface area (Å²) in [6.45, 7) is 0. The molecule has 2 aromatic carbocycles. The molecule has 112 valence electrons. The number of nitrogens with zero attached hydrogens (tertiary/aromatic N) is 1. The molecule has 0 unspecified atom stereocenters.